The fourth-order valence-corrected chi connectivity index (χ4v) is 4.19. The molecule has 1 aromatic rings. The molecule has 0 bridgehead atoms. The summed E-state index contributed by atoms with van der Waals surface area (Å²) in [5.41, 5.74) is 7.21. The van der Waals surface area contributed by atoms with Crippen molar-refractivity contribution in [1.29, 1.82) is 0 Å². The van der Waals surface area contributed by atoms with Crippen molar-refractivity contribution in [2.45, 2.75) is 13.3 Å². The second kappa shape index (κ2) is 5.42. The van der Waals surface area contributed by atoms with Crippen LogP contribution in [0.5, 0.6) is 0 Å². The van der Waals surface area contributed by atoms with Crippen molar-refractivity contribution in [2.75, 3.05) is 23.4 Å². The van der Waals surface area contributed by atoms with Crippen molar-refractivity contribution < 1.29 is 8.42 Å². The van der Waals surface area contributed by atoms with Gasteiger partial charge in [0.1, 0.15) is 10.8 Å². The number of nitrogens with one attached hydrogen (secondary N) is 1. The zero-order chi connectivity index (χ0) is 14.0. The number of anilines is 1. The van der Waals surface area contributed by atoms with Gasteiger partial charge in [0.05, 0.1) is 17.1 Å². The number of hydrogen-bond acceptors (Lipinski definition) is 5. The monoisotopic (exact) mass is 299 g/mol. The second-order valence-electron chi connectivity index (χ2n) is 4.86. The zero-order valence-electron chi connectivity index (χ0n) is 10.7. The van der Waals surface area contributed by atoms with E-state index in [4.69, 9.17) is 18.0 Å². The molecule has 7 heteroatoms. The van der Waals surface area contributed by atoms with Gasteiger partial charge in [-0.05, 0) is 31.4 Å². The van der Waals surface area contributed by atoms with Gasteiger partial charge in [0.25, 0.3) is 0 Å². The molecule has 104 valence electrons. The molecule has 1 aliphatic rings. The van der Waals surface area contributed by atoms with Crippen molar-refractivity contribution in [3.05, 3.63) is 23.4 Å². The van der Waals surface area contributed by atoms with Gasteiger partial charge in [0.2, 0.25) is 0 Å². The fraction of sp³-hybridized carbons (Fsp3) is 0.500. The van der Waals surface area contributed by atoms with Gasteiger partial charge in [-0.25, -0.2) is 13.4 Å². The summed E-state index contributed by atoms with van der Waals surface area (Å²) in [4.78, 5) is 4.65. The highest BCUT2D eigenvalue weighted by Crippen LogP contribution is 2.20. The summed E-state index contributed by atoms with van der Waals surface area (Å²) in [6, 6.07) is 3.68. The first-order chi connectivity index (χ1) is 8.87. The maximum Gasteiger partial charge on any atom is 0.150 e. The Morgan fingerprint density at radius 1 is 1.58 bits per heavy atom. The van der Waals surface area contributed by atoms with E-state index in [1.54, 1.807) is 0 Å². The molecule has 2 rings (SSSR count). The molecule has 3 N–H and O–H groups in total. The molecule has 0 saturated carbocycles. The molecule has 1 aromatic heterocycles. The lowest BCUT2D eigenvalue weighted by Crippen LogP contribution is -2.20. The number of thiocarbonyl (C=S) groups is 1. The lowest BCUT2D eigenvalue weighted by Gasteiger charge is -2.13. The van der Waals surface area contributed by atoms with Gasteiger partial charge >= 0.3 is 0 Å². The summed E-state index contributed by atoms with van der Waals surface area (Å²) in [5, 5.41) is 3.17. The summed E-state index contributed by atoms with van der Waals surface area (Å²) < 4.78 is 22.8. The Hall–Kier alpha value is -1.21. The SMILES string of the molecule is Cc1ccc(C(N)=S)c(NCC2CCS(=O)(=O)C2)n1. The first kappa shape index (κ1) is 14.2. The number of nitrogens with two attached hydrogens (primary N) is 1. The minimum Gasteiger partial charge on any atom is -0.389 e. The topological polar surface area (TPSA) is 85.1 Å². The summed E-state index contributed by atoms with van der Waals surface area (Å²) in [6.07, 6.45) is 0.698. The Labute approximate surface area is 118 Å². The molecule has 0 radical (unpaired) electrons. The number of pyridine rings is 1. The first-order valence-electron chi connectivity index (χ1n) is 6.09. The average molecular weight is 299 g/mol. The van der Waals surface area contributed by atoms with E-state index in [1.807, 2.05) is 19.1 Å². The minimum atomic E-state index is -2.85. The van der Waals surface area contributed by atoms with Crippen molar-refractivity contribution >= 4 is 32.9 Å². The van der Waals surface area contributed by atoms with E-state index >= 15 is 0 Å². The van der Waals surface area contributed by atoms with E-state index in [1.165, 1.54) is 0 Å². The smallest absolute Gasteiger partial charge is 0.150 e. The third kappa shape index (κ3) is 3.63. The highest BCUT2D eigenvalue weighted by molar-refractivity contribution is 7.91. The molecule has 0 amide bonds. The van der Waals surface area contributed by atoms with Crippen molar-refractivity contribution in [1.82, 2.24) is 4.98 Å². The van der Waals surface area contributed by atoms with Crippen molar-refractivity contribution in [3.63, 3.8) is 0 Å². The summed E-state index contributed by atoms with van der Waals surface area (Å²) >= 11 is 4.98. The number of sulfone groups is 1. The Morgan fingerprint density at radius 3 is 2.89 bits per heavy atom. The lowest BCUT2D eigenvalue weighted by molar-refractivity contribution is 0.595. The Kier molecular flexibility index (Phi) is 4.05. The normalized spacial score (nSPS) is 21.2. The second-order valence-corrected chi connectivity index (χ2v) is 7.53. The van der Waals surface area contributed by atoms with Crippen LogP contribution in [0.15, 0.2) is 12.1 Å². The van der Waals surface area contributed by atoms with Crippen LogP contribution in [0.2, 0.25) is 0 Å². The van der Waals surface area contributed by atoms with Crippen molar-refractivity contribution in [3.8, 4) is 0 Å². The summed E-state index contributed by atoms with van der Waals surface area (Å²) in [5.74, 6) is 1.29. The largest absolute Gasteiger partial charge is 0.389 e. The van der Waals surface area contributed by atoms with Gasteiger partial charge < -0.3 is 11.1 Å². The van der Waals surface area contributed by atoms with Crippen LogP contribution in [0.4, 0.5) is 5.82 Å². The van der Waals surface area contributed by atoms with Gasteiger partial charge in [0.15, 0.2) is 9.84 Å². The molecule has 2 heterocycles. The van der Waals surface area contributed by atoms with Crippen LogP contribution in [-0.4, -0.2) is 36.4 Å². The van der Waals surface area contributed by atoms with E-state index in [0.717, 1.165) is 5.69 Å². The standard InChI is InChI=1S/C12H17N3O2S2/c1-8-2-3-10(11(13)18)12(15-8)14-6-9-4-5-19(16,17)7-9/h2-3,9H,4-7H2,1H3,(H2,13,18)(H,14,15). The predicted octanol–water partition coefficient (Wildman–Crippen LogP) is 0.871. The zero-order valence-corrected chi connectivity index (χ0v) is 12.4. The number of aryl methyl sites for hydroxylation is 1. The van der Waals surface area contributed by atoms with Crippen LogP contribution >= 0.6 is 12.2 Å². The lowest BCUT2D eigenvalue weighted by atomic mass is 10.1. The van der Waals surface area contributed by atoms with Crippen LogP contribution in [0, 0.1) is 12.8 Å². The van der Waals surface area contributed by atoms with Gasteiger partial charge in [-0.2, -0.15) is 0 Å². The van der Waals surface area contributed by atoms with E-state index < -0.39 is 9.84 Å². The van der Waals surface area contributed by atoms with E-state index in [0.29, 0.717) is 24.3 Å². The van der Waals surface area contributed by atoms with E-state index in [2.05, 4.69) is 10.3 Å². The summed E-state index contributed by atoms with van der Waals surface area (Å²) in [7, 11) is -2.85. The van der Waals surface area contributed by atoms with Crippen LogP contribution in [0.25, 0.3) is 0 Å². The quantitative estimate of drug-likeness (QED) is 0.803. The third-order valence-electron chi connectivity index (χ3n) is 3.18. The molecule has 1 atom stereocenters. The predicted molar refractivity (Wildman–Crippen MR) is 80.1 cm³/mol. The fourth-order valence-electron chi connectivity index (χ4n) is 2.16. The molecule has 1 aliphatic heterocycles. The number of nitrogens with zero attached hydrogens (tertiary/aromatic N) is 1. The maximum atomic E-state index is 11.4. The molecule has 0 spiro atoms. The highest BCUT2D eigenvalue weighted by Gasteiger charge is 2.27. The molecule has 19 heavy (non-hydrogen) atoms. The molecule has 1 fully saturated rings. The number of aromatic nitrogens is 1. The molecular weight excluding hydrogens is 282 g/mol. The molecule has 0 aromatic carbocycles. The minimum absolute atomic E-state index is 0.131. The third-order valence-corrected chi connectivity index (χ3v) is 5.24. The van der Waals surface area contributed by atoms with E-state index in [-0.39, 0.29) is 22.4 Å². The Morgan fingerprint density at radius 2 is 2.32 bits per heavy atom. The van der Waals surface area contributed by atoms with Crippen LogP contribution < -0.4 is 11.1 Å². The van der Waals surface area contributed by atoms with E-state index in [9.17, 15) is 8.42 Å². The van der Waals surface area contributed by atoms with Crippen molar-refractivity contribution in [2.24, 2.45) is 11.7 Å². The van der Waals surface area contributed by atoms with Gasteiger partial charge in [-0.15, -0.1) is 0 Å². The van der Waals surface area contributed by atoms with Gasteiger partial charge in [0, 0.05) is 12.2 Å². The summed E-state index contributed by atoms with van der Waals surface area (Å²) in [6.45, 7) is 2.46. The van der Waals surface area contributed by atoms with Crippen LogP contribution in [-0.2, 0) is 9.84 Å². The first-order valence-corrected chi connectivity index (χ1v) is 8.32. The number of hydrogen-bond donors (Lipinski definition) is 2. The Bertz CT molecular complexity index is 599. The molecule has 1 saturated heterocycles. The van der Waals surface area contributed by atoms with Gasteiger partial charge in [-0.3, -0.25) is 0 Å². The number of rotatable bonds is 4. The average Bonchev–Trinajstić information content (AvgIpc) is 2.66. The molecular formula is C12H17N3O2S2. The molecule has 1 unspecified atom stereocenters. The molecule has 5 nitrogen and oxygen atoms in total. The molecule has 0 aliphatic carbocycles. The van der Waals surface area contributed by atoms with Gasteiger partial charge in [-0.1, -0.05) is 12.2 Å². The maximum absolute atomic E-state index is 11.4. The highest BCUT2D eigenvalue weighted by atomic mass is 32.2. The van der Waals surface area contributed by atoms with Crippen LogP contribution in [0.1, 0.15) is 17.7 Å². The Balaban J connectivity index is 2.07. The van der Waals surface area contributed by atoms with Crippen LogP contribution in [0.3, 0.4) is 0 Å².